The molecule has 5 N–H and O–H groups in total. The number of aryl methyl sites for hydroxylation is 2. The molecule has 8 nitrogen and oxygen atoms in total. The first-order chi connectivity index (χ1) is 12.5. The number of hydrogen-bond donors (Lipinski definition) is 5. The molecule has 0 aliphatic carbocycles. The smallest absolute Gasteiger partial charge is 0.238 e. The molecular formula is C18H24N2O6. The van der Waals surface area contributed by atoms with Crippen LogP contribution in [-0.4, -0.2) is 67.9 Å². The van der Waals surface area contributed by atoms with Crippen molar-refractivity contribution in [2.75, 3.05) is 6.61 Å². The molecule has 0 saturated carbocycles. The largest absolute Gasteiger partial charge is 0.443 e. The van der Waals surface area contributed by atoms with Crippen molar-refractivity contribution < 1.29 is 29.9 Å². The van der Waals surface area contributed by atoms with Gasteiger partial charge >= 0.3 is 0 Å². The first-order valence-corrected chi connectivity index (χ1v) is 8.56. The summed E-state index contributed by atoms with van der Waals surface area (Å²) in [5.41, 5.74) is 2.85. The molecule has 1 aromatic carbocycles. The lowest BCUT2D eigenvalue weighted by atomic mass is 9.99. The molecule has 1 aromatic heterocycles. The molecule has 1 aliphatic heterocycles. The van der Waals surface area contributed by atoms with Gasteiger partial charge in [0, 0.05) is 11.3 Å². The number of aromatic amines is 1. The summed E-state index contributed by atoms with van der Waals surface area (Å²) in [5.74, 6) is 0.266. The fourth-order valence-corrected chi connectivity index (χ4v) is 3.01. The van der Waals surface area contributed by atoms with Crippen LogP contribution >= 0.6 is 0 Å². The third kappa shape index (κ3) is 3.89. The third-order valence-corrected chi connectivity index (χ3v) is 4.62. The fourth-order valence-electron chi connectivity index (χ4n) is 3.01. The van der Waals surface area contributed by atoms with Crippen LogP contribution < -0.4 is 4.74 Å². The van der Waals surface area contributed by atoms with E-state index >= 15 is 0 Å². The monoisotopic (exact) mass is 364 g/mol. The Balaban J connectivity index is 1.72. The molecule has 2 aromatic rings. The van der Waals surface area contributed by atoms with Gasteiger partial charge in [-0.1, -0.05) is 30.3 Å². The Kier molecular flexibility index (Phi) is 5.90. The van der Waals surface area contributed by atoms with Crippen LogP contribution in [-0.2, 0) is 17.6 Å². The average Bonchev–Trinajstić information content (AvgIpc) is 3.00. The Morgan fingerprint density at radius 2 is 1.81 bits per heavy atom. The van der Waals surface area contributed by atoms with E-state index in [0.29, 0.717) is 6.42 Å². The quantitative estimate of drug-likeness (QED) is 0.475. The second-order valence-electron chi connectivity index (χ2n) is 6.43. The molecule has 0 unspecified atom stereocenters. The number of aromatic nitrogens is 2. The molecule has 5 atom stereocenters. The number of nitrogens with zero attached hydrogens (tertiary/aromatic N) is 1. The van der Waals surface area contributed by atoms with Gasteiger partial charge < -0.3 is 29.9 Å². The van der Waals surface area contributed by atoms with E-state index in [1.54, 1.807) is 0 Å². The van der Waals surface area contributed by atoms with Crippen LogP contribution in [0, 0.1) is 6.92 Å². The van der Waals surface area contributed by atoms with Gasteiger partial charge in [0.25, 0.3) is 0 Å². The molecule has 1 saturated heterocycles. The van der Waals surface area contributed by atoms with E-state index < -0.39 is 37.3 Å². The van der Waals surface area contributed by atoms with Crippen molar-refractivity contribution in [2.24, 2.45) is 0 Å². The Labute approximate surface area is 151 Å². The molecule has 0 radical (unpaired) electrons. The van der Waals surface area contributed by atoms with Gasteiger partial charge in [0.05, 0.1) is 6.61 Å². The van der Waals surface area contributed by atoms with Gasteiger partial charge in [-0.3, -0.25) is 5.10 Å². The van der Waals surface area contributed by atoms with E-state index in [1.807, 2.05) is 37.3 Å². The van der Waals surface area contributed by atoms with Gasteiger partial charge in [-0.25, -0.2) is 0 Å². The second-order valence-corrected chi connectivity index (χ2v) is 6.43. The summed E-state index contributed by atoms with van der Waals surface area (Å²) in [6.07, 6.45) is -5.19. The number of aliphatic hydroxyl groups excluding tert-OH is 4. The minimum absolute atomic E-state index is 0.266. The van der Waals surface area contributed by atoms with E-state index in [1.165, 1.54) is 5.56 Å². The molecule has 0 spiro atoms. The zero-order valence-corrected chi connectivity index (χ0v) is 14.4. The molecule has 2 heterocycles. The summed E-state index contributed by atoms with van der Waals surface area (Å²) in [7, 11) is 0. The summed E-state index contributed by atoms with van der Waals surface area (Å²) in [6, 6.07) is 9.98. The van der Waals surface area contributed by atoms with Gasteiger partial charge in [-0.2, -0.15) is 0 Å². The molecule has 3 rings (SSSR count). The molecule has 0 bridgehead atoms. The Bertz CT molecular complexity index is 705. The number of rotatable bonds is 6. The summed E-state index contributed by atoms with van der Waals surface area (Å²) in [6.45, 7) is 1.36. The maximum absolute atomic E-state index is 10.1. The van der Waals surface area contributed by atoms with Gasteiger partial charge in [0.2, 0.25) is 12.2 Å². The van der Waals surface area contributed by atoms with Crippen LogP contribution in [0.15, 0.2) is 30.3 Å². The van der Waals surface area contributed by atoms with Crippen LogP contribution in [0.3, 0.4) is 0 Å². The number of benzene rings is 1. The van der Waals surface area contributed by atoms with Crippen molar-refractivity contribution in [1.29, 1.82) is 0 Å². The predicted molar refractivity (Wildman–Crippen MR) is 91.6 cm³/mol. The third-order valence-electron chi connectivity index (χ3n) is 4.62. The predicted octanol–water partition coefficient (Wildman–Crippen LogP) is -0.318. The van der Waals surface area contributed by atoms with Crippen LogP contribution in [0.2, 0.25) is 0 Å². The molecule has 142 valence electrons. The highest BCUT2D eigenvalue weighted by atomic mass is 16.7. The summed E-state index contributed by atoms with van der Waals surface area (Å²) >= 11 is 0. The van der Waals surface area contributed by atoms with Gasteiger partial charge in [-0.15, -0.1) is 5.10 Å². The summed E-state index contributed by atoms with van der Waals surface area (Å²) in [4.78, 5) is 0. The SMILES string of the molecule is Cc1[nH]nc(O[C@@H]2O[C@H](CO)[C@@H](O)[C@H](O)[C@H]2O)c1CCc1ccccc1. The van der Waals surface area contributed by atoms with Gasteiger partial charge in [-0.05, 0) is 25.3 Å². The second kappa shape index (κ2) is 8.15. The average molecular weight is 364 g/mol. The highest BCUT2D eigenvalue weighted by molar-refractivity contribution is 5.31. The number of ether oxygens (including phenoxy) is 2. The van der Waals surface area contributed by atoms with E-state index in [4.69, 9.17) is 9.47 Å². The number of H-pyrrole nitrogens is 1. The normalized spacial score (nSPS) is 28.9. The lowest BCUT2D eigenvalue weighted by Crippen LogP contribution is -2.60. The van der Waals surface area contributed by atoms with Crippen LogP contribution in [0.5, 0.6) is 5.88 Å². The van der Waals surface area contributed by atoms with Crippen LogP contribution in [0.1, 0.15) is 16.8 Å². The maximum Gasteiger partial charge on any atom is 0.238 e. The zero-order chi connectivity index (χ0) is 18.7. The van der Waals surface area contributed by atoms with Crippen LogP contribution in [0.25, 0.3) is 0 Å². The summed E-state index contributed by atoms with van der Waals surface area (Å²) in [5, 5.41) is 46.0. The minimum atomic E-state index is -1.49. The number of nitrogens with one attached hydrogen (secondary N) is 1. The van der Waals surface area contributed by atoms with E-state index in [9.17, 15) is 20.4 Å². The minimum Gasteiger partial charge on any atom is -0.443 e. The molecular weight excluding hydrogens is 340 g/mol. The first-order valence-electron chi connectivity index (χ1n) is 8.56. The maximum atomic E-state index is 10.1. The summed E-state index contributed by atoms with van der Waals surface area (Å²) < 4.78 is 11.0. The highest BCUT2D eigenvalue weighted by Crippen LogP contribution is 2.27. The van der Waals surface area contributed by atoms with Gasteiger partial charge in [0.1, 0.15) is 24.4 Å². The standard InChI is InChI=1S/C18H24N2O6/c1-10-12(8-7-11-5-3-2-4-6-11)17(20-19-10)26-18-16(24)15(23)14(22)13(9-21)25-18/h2-6,13-16,18,21-24H,7-9H2,1H3,(H,19,20)/t13-,14-,15+,16-,18+/m1/s1. The van der Waals surface area contributed by atoms with Gasteiger partial charge in [0.15, 0.2) is 0 Å². The first kappa shape index (κ1) is 18.8. The highest BCUT2D eigenvalue weighted by Gasteiger charge is 2.45. The van der Waals surface area contributed by atoms with Crippen molar-refractivity contribution in [2.45, 2.75) is 50.5 Å². The zero-order valence-electron chi connectivity index (χ0n) is 14.4. The molecule has 1 aliphatic rings. The Morgan fingerprint density at radius 3 is 2.50 bits per heavy atom. The Hall–Kier alpha value is -1.97. The lowest BCUT2D eigenvalue weighted by molar-refractivity contribution is -0.278. The molecule has 1 fully saturated rings. The molecule has 8 heteroatoms. The molecule has 26 heavy (non-hydrogen) atoms. The van der Waals surface area contributed by atoms with Crippen molar-refractivity contribution in [3.8, 4) is 5.88 Å². The van der Waals surface area contributed by atoms with Crippen molar-refractivity contribution in [3.63, 3.8) is 0 Å². The number of hydrogen-bond acceptors (Lipinski definition) is 7. The Morgan fingerprint density at radius 1 is 1.08 bits per heavy atom. The van der Waals surface area contributed by atoms with Crippen molar-refractivity contribution in [3.05, 3.63) is 47.2 Å². The molecule has 0 amide bonds. The van der Waals surface area contributed by atoms with E-state index in [0.717, 1.165) is 17.7 Å². The number of aliphatic hydroxyl groups is 4. The van der Waals surface area contributed by atoms with E-state index in [-0.39, 0.29) is 5.88 Å². The van der Waals surface area contributed by atoms with Crippen molar-refractivity contribution in [1.82, 2.24) is 10.2 Å². The fraction of sp³-hybridized carbons (Fsp3) is 0.500. The lowest BCUT2D eigenvalue weighted by Gasteiger charge is -2.39. The van der Waals surface area contributed by atoms with E-state index in [2.05, 4.69) is 10.2 Å². The van der Waals surface area contributed by atoms with Crippen LogP contribution in [0.4, 0.5) is 0 Å². The topological polar surface area (TPSA) is 128 Å². The van der Waals surface area contributed by atoms with Crippen molar-refractivity contribution >= 4 is 0 Å².